The van der Waals surface area contributed by atoms with Crippen LogP contribution in [0.15, 0.2) is 36.0 Å². The molecule has 0 aliphatic heterocycles. The van der Waals surface area contributed by atoms with Gasteiger partial charge in [-0.15, -0.1) is 11.3 Å². The van der Waals surface area contributed by atoms with Crippen molar-refractivity contribution in [3.63, 3.8) is 0 Å². The smallest absolute Gasteiger partial charge is 0.275 e. The molecule has 24 heavy (non-hydrogen) atoms. The number of carbonyl (C=O) groups excluding carboxylic acids is 1. The Balaban J connectivity index is 1.71. The molecule has 3 aromatic rings. The second-order valence-electron chi connectivity index (χ2n) is 5.45. The van der Waals surface area contributed by atoms with Crippen LogP contribution in [0.5, 0.6) is 0 Å². The molecule has 2 heterocycles. The molecular weight excluding hydrogens is 322 g/mol. The number of aromatic nitrogens is 3. The summed E-state index contributed by atoms with van der Waals surface area (Å²) in [6, 6.07) is 7.64. The van der Waals surface area contributed by atoms with E-state index in [1.54, 1.807) is 11.7 Å². The van der Waals surface area contributed by atoms with Crippen LogP contribution in [-0.2, 0) is 6.42 Å². The normalized spacial score (nSPS) is 10.8. The number of hydrogen-bond acceptors (Lipinski definition) is 5. The van der Waals surface area contributed by atoms with E-state index in [9.17, 15) is 4.79 Å². The van der Waals surface area contributed by atoms with Crippen LogP contribution in [0.1, 0.15) is 26.9 Å². The first-order valence-corrected chi connectivity index (χ1v) is 8.53. The van der Waals surface area contributed by atoms with Crippen LogP contribution in [-0.4, -0.2) is 27.0 Å². The number of hydrogen-bond donors (Lipinski definition) is 2. The number of imidazole rings is 1. The highest BCUT2D eigenvalue weighted by molar-refractivity contribution is 7.09. The number of carbonyl (C=O) groups is 1. The maximum Gasteiger partial charge on any atom is 0.275 e. The summed E-state index contributed by atoms with van der Waals surface area (Å²) in [5, 5.41) is 5.50. The maximum absolute atomic E-state index is 12.2. The molecule has 3 N–H and O–H groups in total. The molecule has 1 aromatic carbocycles. The fraction of sp³-hybridized carbons (Fsp3) is 0.235. The van der Waals surface area contributed by atoms with Crippen molar-refractivity contribution in [3.8, 4) is 5.69 Å². The van der Waals surface area contributed by atoms with Crippen molar-refractivity contribution in [3.05, 3.63) is 58.1 Å². The molecule has 2 aromatic heterocycles. The summed E-state index contributed by atoms with van der Waals surface area (Å²) in [6.45, 7) is 4.54. The number of anilines is 1. The molecule has 0 bridgehead atoms. The Kier molecular flexibility index (Phi) is 4.73. The van der Waals surface area contributed by atoms with Crippen molar-refractivity contribution in [1.82, 2.24) is 14.5 Å². The number of nitrogens with zero attached hydrogens (tertiary/aromatic N) is 3. The SMILES string of the molecule is Cc1ncn(-c2ccc(NC(=O)c3csc(CCN)n3)cc2)c1C. The van der Waals surface area contributed by atoms with E-state index in [4.69, 9.17) is 5.73 Å². The van der Waals surface area contributed by atoms with Crippen molar-refractivity contribution >= 4 is 22.9 Å². The van der Waals surface area contributed by atoms with Crippen LogP contribution >= 0.6 is 11.3 Å². The second-order valence-corrected chi connectivity index (χ2v) is 6.39. The molecule has 0 saturated carbocycles. The monoisotopic (exact) mass is 341 g/mol. The number of nitrogens with two attached hydrogens (primary N) is 1. The standard InChI is InChI=1S/C17H19N5OS/c1-11-12(2)22(10-19-11)14-5-3-13(4-6-14)20-17(23)15-9-24-16(21-15)7-8-18/h3-6,9-10H,7-8,18H2,1-2H3,(H,20,23). The minimum Gasteiger partial charge on any atom is -0.330 e. The highest BCUT2D eigenvalue weighted by Gasteiger charge is 2.11. The largest absolute Gasteiger partial charge is 0.330 e. The van der Waals surface area contributed by atoms with Gasteiger partial charge in [-0.1, -0.05) is 0 Å². The fourth-order valence-electron chi connectivity index (χ4n) is 2.31. The van der Waals surface area contributed by atoms with Crippen LogP contribution in [0.4, 0.5) is 5.69 Å². The Bertz CT molecular complexity index is 850. The lowest BCUT2D eigenvalue weighted by atomic mass is 10.2. The first kappa shape index (κ1) is 16.4. The van der Waals surface area contributed by atoms with Crippen molar-refractivity contribution in [2.75, 3.05) is 11.9 Å². The van der Waals surface area contributed by atoms with Gasteiger partial charge in [-0.25, -0.2) is 9.97 Å². The third-order valence-corrected chi connectivity index (χ3v) is 4.71. The molecule has 0 aliphatic carbocycles. The van der Waals surface area contributed by atoms with E-state index >= 15 is 0 Å². The first-order chi connectivity index (χ1) is 11.6. The Hall–Kier alpha value is -2.51. The van der Waals surface area contributed by atoms with Gasteiger partial charge in [-0.05, 0) is 44.7 Å². The molecule has 7 heteroatoms. The molecule has 0 aliphatic rings. The van der Waals surface area contributed by atoms with Gasteiger partial charge in [0.15, 0.2) is 0 Å². The highest BCUT2D eigenvalue weighted by Crippen LogP contribution is 2.18. The van der Waals surface area contributed by atoms with E-state index < -0.39 is 0 Å². The van der Waals surface area contributed by atoms with E-state index in [0.717, 1.165) is 27.8 Å². The first-order valence-electron chi connectivity index (χ1n) is 7.65. The lowest BCUT2D eigenvalue weighted by Crippen LogP contribution is -2.12. The third-order valence-electron chi connectivity index (χ3n) is 3.80. The average Bonchev–Trinajstić information content (AvgIpc) is 3.17. The predicted octanol–water partition coefficient (Wildman–Crippen LogP) is 2.70. The van der Waals surface area contributed by atoms with Crippen LogP contribution < -0.4 is 11.1 Å². The topological polar surface area (TPSA) is 85.8 Å². The van der Waals surface area contributed by atoms with Gasteiger partial charge < -0.3 is 15.6 Å². The number of nitrogens with one attached hydrogen (secondary N) is 1. The Morgan fingerprint density at radius 3 is 2.67 bits per heavy atom. The zero-order valence-corrected chi connectivity index (χ0v) is 14.4. The molecule has 3 rings (SSSR count). The van der Waals surface area contributed by atoms with E-state index in [2.05, 4.69) is 15.3 Å². The fourth-order valence-corrected chi connectivity index (χ4v) is 3.11. The molecule has 0 fully saturated rings. The summed E-state index contributed by atoms with van der Waals surface area (Å²) in [4.78, 5) is 20.8. The summed E-state index contributed by atoms with van der Waals surface area (Å²) in [5.74, 6) is -0.211. The lowest BCUT2D eigenvalue weighted by Gasteiger charge is -2.08. The van der Waals surface area contributed by atoms with Crippen molar-refractivity contribution < 1.29 is 4.79 Å². The molecule has 124 valence electrons. The quantitative estimate of drug-likeness (QED) is 0.747. The summed E-state index contributed by atoms with van der Waals surface area (Å²) in [7, 11) is 0. The summed E-state index contributed by atoms with van der Waals surface area (Å²) >= 11 is 1.45. The van der Waals surface area contributed by atoms with E-state index in [1.807, 2.05) is 42.7 Å². The van der Waals surface area contributed by atoms with Crippen LogP contribution in [0.3, 0.4) is 0 Å². The van der Waals surface area contributed by atoms with Gasteiger partial charge in [0.2, 0.25) is 0 Å². The number of aryl methyl sites for hydroxylation is 1. The summed E-state index contributed by atoms with van der Waals surface area (Å²) in [6.07, 6.45) is 2.49. The third kappa shape index (κ3) is 3.37. The molecule has 0 spiro atoms. The Morgan fingerprint density at radius 2 is 2.04 bits per heavy atom. The average molecular weight is 341 g/mol. The maximum atomic E-state index is 12.2. The molecular formula is C17H19N5OS. The van der Waals surface area contributed by atoms with E-state index in [-0.39, 0.29) is 5.91 Å². The predicted molar refractivity (Wildman–Crippen MR) is 95.9 cm³/mol. The van der Waals surface area contributed by atoms with Gasteiger partial charge in [-0.3, -0.25) is 4.79 Å². The van der Waals surface area contributed by atoms with E-state index in [0.29, 0.717) is 18.7 Å². The van der Waals surface area contributed by atoms with Crippen LogP contribution in [0, 0.1) is 13.8 Å². The molecule has 0 radical (unpaired) electrons. The second kappa shape index (κ2) is 6.94. The molecule has 0 atom stereocenters. The molecule has 0 saturated heterocycles. The van der Waals surface area contributed by atoms with Gasteiger partial charge in [-0.2, -0.15) is 0 Å². The van der Waals surface area contributed by atoms with Gasteiger partial charge in [0.25, 0.3) is 5.91 Å². The minimum atomic E-state index is -0.211. The lowest BCUT2D eigenvalue weighted by molar-refractivity contribution is 0.102. The van der Waals surface area contributed by atoms with Crippen LogP contribution in [0.2, 0.25) is 0 Å². The van der Waals surface area contributed by atoms with Crippen molar-refractivity contribution in [2.45, 2.75) is 20.3 Å². The number of benzene rings is 1. The van der Waals surface area contributed by atoms with E-state index in [1.165, 1.54) is 11.3 Å². The number of amides is 1. The molecule has 6 nitrogen and oxygen atoms in total. The van der Waals surface area contributed by atoms with Crippen LogP contribution in [0.25, 0.3) is 5.69 Å². The van der Waals surface area contributed by atoms with Crippen molar-refractivity contribution in [2.24, 2.45) is 5.73 Å². The van der Waals surface area contributed by atoms with Crippen molar-refractivity contribution in [1.29, 1.82) is 0 Å². The number of thiazole rings is 1. The Labute approximate surface area is 144 Å². The Morgan fingerprint density at radius 1 is 1.29 bits per heavy atom. The highest BCUT2D eigenvalue weighted by atomic mass is 32.1. The zero-order valence-electron chi connectivity index (χ0n) is 13.6. The minimum absolute atomic E-state index is 0.211. The number of rotatable bonds is 5. The molecule has 0 unspecified atom stereocenters. The zero-order chi connectivity index (χ0) is 17.1. The van der Waals surface area contributed by atoms with Gasteiger partial charge in [0.1, 0.15) is 5.69 Å². The summed E-state index contributed by atoms with van der Waals surface area (Å²) < 4.78 is 2.01. The van der Waals surface area contributed by atoms with Gasteiger partial charge >= 0.3 is 0 Å². The molecule has 1 amide bonds. The summed E-state index contributed by atoms with van der Waals surface area (Å²) in [5.41, 5.74) is 9.76. The van der Waals surface area contributed by atoms with Gasteiger partial charge in [0.05, 0.1) is 17.0 Å². The van der Waals surface area contributed by atoms with Gasteiger partial charge in [0, 0.05) is 28.9 Å².